The maximum atomic E-state index is 12.4. The van der Waals surface area contributed by atoms with Crippen molar-refractivity contribution in [3.8, 4) is 5.75 Å². The van der Waals surface area contributed by atoms with E-state index in [9.17, 15) is 14.9 Å². The van der Waals surface area contributed by atoms with E-state index in [2.05, 4.69) is 15.4 Å². The molecule has 9 heteroatoms. The number of anilines is 1. The Hall–Kier alpha value is -3.75. The van der Waals surface area contributed by atoms with Crippen LogP contribution >= 0.6 is 0 Å². The molecule has 0 aliphatic carbocycles. The molecule has 1 amide bonds. The number of nitrogens with one attached hydrogen (secondary N) is 1. The summed E-state index contributed by atoms with van der Waals surface area (Å²) in [5, 5.41) is 18.1. The van der Waals surface area contributed by atoms with Crippen molar-refractivity contribution in [3.05, 3.63) is 75.2 Å². The predicted octanol–water partition coefficient (Wildman–Crippen LogP) is 3.11. The van der Waals surface area contributed by atoms with Crippen molar-refractivity contribution in [2.75, 3.05) is 12.4 Å². The second-order valence-electron chi connectivity index (χ2n) is 6.14. The quantitative estimate of drug-likeness (QED) is 0.519. The third kappa shape index (κ3) is 3.83. The summed E-state index contributed by atoms with van der Waals surface area (Å²) < 4.78 is 6.76. The number of nitro groups is 1. The summed E-state index contributed by atoms with van der Waals surface area (Å²) in [6, 6.07) is 10.4. The smallest absolute Gasteiger partial charge is 0.312 e. The van der Waals surface area contributed by atoms with E-state index in [-0.39, 0.29) is 11.6 Å². The topological polar surface area (TPSA) is 112 Å². The second-order valence-corrected chi connectivity index (χ2v) is 6.14. The van der Waals surface area contributed by atoms with Crippen molar-refractivity contribution < 1.29 is 14.5 Å². The Morgan fingerprint density at radius 2 is 1.96 bits per heavy atom. The number of rotatable bonds is 6. The molecule has 0 bridgehead atoms. The van der Waals surface area contributed by atoms with Crippen molar-refractivity contribution in [3.63, 3.8) is 0 Å². The van der Waals surface area contributed by atoms with Gasteiger partial charge in [-0.3, -0.25) is 19.6 Å². The molecular weight excluding hydrogens is 362 g/mol. The number of aryl methyl sites for hydroxylation is 1. The van der Waals surface area contributed by atoms with Crippen LogP contribution in [0.1, 0.15) is 27.3 Å². The highest BCUT2D eigenvalue weighted by Gasteiger charge is 2.21. The molecule has 0 fully saturated rings. The maximum Gasteiger partial charge on any atom is 0.312 e. The molecule has 0 aliphatic heterocycles. The fourth-order valence-electron chi connectivity index (χ4n) is 2.87. The molecule has 3 aromatic rings. The Balaban J connectivity index is 1.74. The van der Waals surface area contributed by atoms with Crippen LogP contribution in [-0.2, 0) is 6.54 Å². The number of carbonyl (C=O) groups is 1. The van der Waals surface area contributed by atoms with Crippen LogP contribution in [0.15, 0.2) is 42.6 Å². The van der Waals surface area contributed by atoms with E-state index < -0.39 is 4.92 Å². The molecule has 28 heavy (non-hydrogen) atoms. The van der Waals surface area contributed by atoms with Crippen LogP contribution in [0.4, 0.5) is 11.5 Å². The minimum Gasteiger partial charge on any atom is -0.493 e. The van der Waals surface area contributed by atoms with Gasteiger partial charge >= 0.3 is 5.69 Å². The number of aromatic nitrogens is 3. The molecule has 144 valence electrons. The standard InChI is InChI=1S/C19H19N5O4/c1-12-17(24(26)27)13(2)23(22-12)11-14-6-8-15(9-7-14)19(25)21-18-16(28-3)5-4-10-20-18/h4-10H,11H2,1-3H3,(H,20,21,25). The highest BCUT2D eigenvalue weighted by atomic mass is 16.6. The Kier molecular flexibility index (Phi) is 5.35. The van der Waals surface area contributed by atoms with Crippen LogP contribution < -0.4 is 10.1 Å². The maximum absolute atomic E-state index is 12.4. The third-order valence-electron chi connectivity index (χ3n) is 4.30. The van der Waals surface area contributed by atoms with Crippen LogP contribution in [0, 0.1) is 24.0 Å². The van der Waals surface area contributed by atoms with Gasteiger partial charge in [0.1, 0.15) is 11.4 Å². The van der Waals surface area contributed by atoms with Gasteiger partial charge in [-0.1, -0.05) is 12.1 Å². The summed E-state index contributed by atoms with van der Waals surface area (Å²) in [4.78, 5) is 27.2. The van der Waals surface area contributed by atoms with Gasteiger partial charge in [0.2, 0.25) is 0 Å². The first kappa shape index (κ1) is 19.0. The number of hydrogen-bond donors (Lipinski definition) is 1. The van der Waals surface area contributed by atoms with E-state index in [0.717, 1.165) is 5.56 Å². The number of carbonyl (C=O) groups excluding carboxylic acids is 1. The first-order chi connectivity index (χ1) is 13.4. The predicted molar refractivity (Wildman–Crippen MR) is 103 cm³/mol. The van der Waals surface area contributed by atoms with E-state index >= 15 is 0 Å². The first-order valence-corrected chi connectivity index (χ1v) is 8.48. The van der Waals surface area contributed by atoms with Gasteiger partial charge in [-0.15, -0.1) is 0 Å². The van der Waals surface area contributed by atoms with Gasteiger partial charge in [-0.05, 0) is 43.7 Å². The van der Waals surface area contributed by atoms with Gasteiger partial charge in [0.05, 0.1) is 18.6 Å². The summed E-state index contributed by atoms with van der Waals surface area (Å²) in [5.41, 5.74) is 2.22. The molecule has 0 spiro atoms. The fourth-order valence-corrected chi connectivity index (χ4v) is 2.87. The minimum atomic E-state index is -0.423. The average Bonchev–Trinajstić information content (AvgIpc) is 2.96. The third-order valence-corrected chi connectivity index (χ3v) is 4.30. The number of methoxy groups -OCH3 is 1. The summed E-state index contributed by atoms with van der Waals surface area (Å²) in [7, 11) is 1.50. The molecule has 0 saturated carbocycles. The monoisotopic (exact) mass is 381 g/mol. The Morgan fingerprint density at radius 3 is 2.57 bits per heavy atom. The Labute approximate surface area is 161 Å². The van der Waals surface area contributed by atoms with Crippen LogP contribution in [0.3, 0.4) is 0 Å². The minimum absolute atomic E-state index is 0.0281. The fraction of sp³-hybridized carbons (Fsp3) is 0.211. The Morgan fingerprint density at radius 1 is 1.25 bits per heavy atom. The second kappa shape index (κ2) is 7.87. The van der Waals surface area contributed by atoms with Crippen molar-refractivity contribution in [2.24, 2.45) is 0 Å². The molecule has 0 aliphatic rings. The molecule has 9 nitrogen and oxygen atoms in total. The molecule has 3 rings (SSSR count). The van der Waals surface area contributed by atoms with Crippen LogP contribution in [0.2, 0.25) is 0 Å². The zero-order valence-electron chi connectivity index (χ0n) is 15.7. The van der Waals surface area contributed by atoms with Crippen molar-refractivity contribution in [1.82, 2.24) is 14.8 Å². The number of pyridine rings is 1. The van der Waals surface area contributed by atoms with Crippen molar-refractivity contribution >= 4 is 17.4 Å². The van der Waals surface area contributed by atoms with Crippen LogP contribution in [0.5, 0.6) is 5.75 Å². The summed E-state index contributed by atoms with van der Waals surface area (Å²) in [6.45, 7) is 3.65. The molecule has 1 N–H and O–H groups in total. The molecular formula is C19H19N5O4. The molecule has 0 atom stereocenters. The normalized spacial score (nSPS) is 10.5. The number of amides is 1. The van der Waals surface area contributed by atoms with Gasteiger partial charge in [0.15, 0.2) is 11.6 Å². The number of benzene rings is 1. The van der Waals surface area contributed by atoms with Crippen molar-refractivity contribution in [1.29, 1.82) is 0 Å². The molecule has 1 aromatic carbocycles. The molecule has 0 unspecified atom stereocenters. The van der Waals surface area contributed by atoms with Crippen molar-refractivity contribution in [2.45, 2.75) is 20.4 Å². The molecule has 2 heterocycles. The highest BCUT2D eigenvalue weighted by Crippen LogP contribution is 2.23. The molecule has 0 radical (unpaired) electrons. The molecule has 2 aromatic heterocycles. The lowest BCUT2D eigenvalue weighted by Crippen LogP contribution is -2.14. The SMILES string of the molecule is COc1cccnc1NC(=O)c1ccc(Cn2nc(C)c([N+](=O)[O-])c2C)cc1. The van der Waals surface area contributed by atoms with Crippen LogP contribution in [-0.4, -0.2) is 32.7 Å². The summed E-state index contributed by atoms with van der Waals surface area (Å²) >= 11 is 0. The van der Waals surface area contributed by atoms with Gasteiger partial charge < -0.3 is 10.1 Å². The van der Waals surface area contributed by atoms with E-state index in [1.165, 1.54) is 7.11 Å². The molecule has 0 saturated heterocycles. The van der Waals surface area contributed by atoms with Gasteiger partial charge in [-0.25, -0.2) is 4.98 Å². The summed E-state index contributed by atoms with van der Waals surface area (Å²) in [5.74, 6) is 0.498. The van der Waals surface area contributed by atoms with E-state index in [0.29, 0.717) is 35.1 Å². The van der Waals surface area contributed by atoms with E-state index in [1.807, 2.05) is 0 Å². The summed E-state index contributed by atoms with van der Waals surface area (Å²) in [6.07, 6.45) is 1.56. The van der Waals surface area contributed by atoms with Gasteiger partial charge in [0.25, 0.3) is 5.91 Å². The number of ether oxygens (including phenoxy) is 1. The lowest BCUT2D eigenvalue weighted by molar-refractivity contribution is -0.386. The van der Waals surface area contributed by atoms with Crippen LogP contribution in [0.25, 0.3) is 0 Å². The largest absolute Gasteiger partial charge is 0.493 e. The lowest BCUT2D eigenvalue weighted by atomic mass is 10.1. The zero-order chi connectivity index (χ0) is 20.3. The van der Waals surface area contributed by atoms with Gasteiger partial charge in [0, 0.05) is 11.8 Å². The number of hydrogen-bond acceptors (Lipinski definition) is 6. The van der Waals surface area contributed by atoms with E-state index in [4.69, 9.17) is 4.74 Å². The first-order valence-electron chi connectivity index (χ1n) is 8.48. The average molecular weight is 381 g/mol. The zero-order valence-corrected chi connectivity index (χ0v) is 15.7. The highest BCUT2D eigenvalue weighted by molar-refractivity contribution is 6.04. The van der Waals surface area contributed by atoms with Gasteiger partial charge in [-0.2, -0.15) is 5.10 Å². The lowest BCUT2D eigenvalue weighted by Gasteiger charge is -2.09. The Bertz CT molecular complexity index is 1030. The van der Waals surface area contributed by atoms with E-state index in [1.54, 1.807) is 61.1 Å². The number of nitrogens with zero attached hydrogens (tertiary/aromatic N) is 4.